The van der Waals surface area contributed by atoms with Crippen LogP contribution in [0.15, 0.2) is 50.4 Å². The van der Waals surface area contributed by atoms with Crippen molar-refractivity contribution in [2.75, 3.05) is 0 Å². The molecule has 2 aromatic rings. The van der Waals surface area contributed by atoms with E-state index in [1.807, 2.05) is 36.4 Å². The van der Waals surface area contributed by atoms with Crippen LogP contribution < -0.4 is 10.2 Å². The Morgan fingerprint density at radius 2 is 1.97 bits per heavy atom. The Bertz CT molecular complexity index is 957. The lowest BCUT2D eigenvalue weighted by molar-refractivity contribution is -0.123. The highest BCUT2D eigenvalue weighted by Crippen LogP contribution is 2.66. The summed E-state index contributed by atoms with van der Waals surface area (Å²) in [5.41, 5.74) is 4.81. The topological polar surface area (TPSA) is 50.7 Å². The minimum atomic E-state index is 0.0432. The van der Waals surface area contributed by atoms with Crippen LogP contribution in [0.1, 0.15) is 43.7 Å². The Morgan fingerprint density at radius 3 is 2.60 bits per heavy atom. The third-order valence-electron chi connectivity index (χ3n) is 6.32. The van der Waals surface area contributed by atoms with E-state index in [-0.39, 0.29) is 17.2 Å². The van der Waals surface area contributed by atoms with Crippen LogP contribution in [-0.4, -0.2) is 12.1 Å². The van der Waals surface area contributed by atoms with Crippen LogP contribution in [0.2, 0.25) is 5.02 Å². The normalized spacial score (nSPS) is 25.1. The third-order valence-corrected chi connectivity index (χ3v) is 7.75. The van der Waals surface area contributed by atoms with Crippen LogP contribution in [0.3, 0.4) is 0 Å². The average molecular weight is 555 g/mol. The molecule has 158 valence electrons. The molecule has 0 bridgehead atoms. The summed E-state index contributed by atoms with van der Waals surface area (Å²) in [5.74, 6) is 1.39. The number of nitrogens with zero attached hydrogens (tertiary/aromatic N) is 1. The molecule has 0 spiro atoms. The molecule has 2 saturated carbocycles. The van der Waals surface area contributed by atoms with Crippen LogP contribution in [0, 0.1) is 17.3 Å². The van der Waals surface area contributed by atoms with Crippen molar-refractivity contribution in [2.45, 2.75) is 39.2 Å². The molecular weight excluding hydrogens is 532 g/mol. The van der Waals surface area contributed by atoms with Crippen molar-refractivity contribution in [3.63, 3.8) is 0 Å². The number of amides is 1. The van der Waals surface area contributed by atoms with Crippen LogP contribution in [0.25, 0.3) is 0 Å². The van der Waals surface area contributed by atoms with Gasteiger partial charge in [-0.2, -0.15) is 5.10 Å². The van der Waals surface area contributed by atoms with E-state index in [4.69, 9.17) is 16.3 Å². The number of hydrogen-bond donors (Lipinski definition) is 1. The van der Waals surface area contributed by atoms with Crippen LogP contribution in [0.5, 0.6) is 5.75 Å². The number of benzene rings is 2. The van der Waals surface area contributed by atoms with Crippen molar-refractivity contribution >= 4 is 55.6 Å². The third kappa shape index (κ3) is 4.61. The van der Waals surface area contributed by atoms with E-state index >= 15 is 0 Å². The number of halogens is 3. The molecule has 1 N–H and O–H groups in total. The van der Waals surface area contributed by atoms with Gasteiger partial charge in [0.25, 0.3) is 0 Å². The first-order chi connectivity index (χ1) is 14.4. The van der Waals surface area contributed by atoms with E-state index in [1.165, 1.54) is 12.8 Å². The quantitative estimate of drug-likeness (QED) is 0.318. The highest BCUT2D eigenvalue weighted by molar-refractivity contribution is 9.11. The number of nitrogens with one attached hydrogen (secondary N) is 1. The molecule has 0 unspecified atom stereocenters. The lowest BCUT2D eigenvalue weighted by atomic mass is 9.90. The number of carbonyl (C=O) groups is 1. The number of hydrazone groups is 1. The Hall–Kier alpha value is -1.37. The van der Waals surface area contributed by atoms with Gasteiger partial charge in [0.15, 0.2) is 0 Å². The van der Waals surface area contributed by atoms with Gasteiger partial charge in [-0.1, -0.05) is 43.5 Å². The number of fused-ring (bicyclic) bond motifs is 1. The van der Waals surface area contributed by atoms with E-state index in [9.17, 15) is 4.79 Å². The first-order valence-corrected chi connectivity index (χ1v) is 12.0. The molecule has 7 heteroatoms. The van der Waals surface area contributed by atoms with Crippen molar-refractivity contribution in [3.05, 3.63) is 61.5 Å². The SMILES string of the molecule is C[C@]12CCCC[C@@H]1[C@@H]2C(=O)N/N=C\c1cc(Br)c(OCc2ccc(Cl)cc2)c(Br)c1. The van der Waals surface area contributed by atoms with Gasteiger partial charge in [-0.25, -0.2) is 5.43 Å². The summed E-state index contributed by atoms with van der Waals surface area (Å²) in [6.45, 7) is 2.67. The summed E-state index contributed by atoms with van der Waals surface area (Å²) in [5, 5.41) is 4.89. The maximum absolute atomic E-state index is 12.5. The van der Waals surface area contributed by atoms with Gasteiger partial charge in [0, 0.05) is 10.9 Å². The van der Waals surface area contributed by atoms with Gasteiger partial charge in [0.2, 0.25) is 5.91 Å². The molecule has 30 heavy (non-hydrogen) atoms. The minimum Gasteiger partial charge on any atom is -0.487 e. The van der Waals surface area contributed by atoms with E-state index in [0.29, 0.717) is 23.3 Å². The molecule has 3 atom stereocenters. The predicted molar refractivity (Wildman–Crippen MR) is 127 cm³/mol. The summed E-state index contributed by atoms with van der Waals surface area (Å²) in [6.07, 6.45) is 6.44. The average Bonchev–Trinajstić information content (AvgIpc) is 3.34. The van der Waals surface area contributed by atoms with Gasteiger partial charge >= 0.3 is 0 Å². The fraction of sp³-hybridized carbons (Fsp3) is 0.391. The zero-order valence-corrected chi connectivity index (χ0v) is 20.6. The summed E-state index contributed by atoms with van der Waals surface area (Å²) in [6, 6.07) is 11.4. The Morgan fingerprint density at radius 1 is 1.27 bits per heavy atom. The molecule has 0 radical (unpaired) electrons. The van der Waals surface area contributed by atoms with Gasteiger partial charge in [-0.15, -0.1) is 0 Å². The Balaban J connectivity index is 1.36. The minimum absolute atomic E-state index is 0.0432. The zero-order chi connectivity index (χ0) is 21.3. The van der Waals surface area contributed by atoms with E-state index in [0.717, 1.165) is 32.9 Å². The summed E-state index contributed by atoms with van der Waals surface area (Å²) < 4.78 is 7.56. The van der Waals surface area contributed by atoms with E-state index < -0.39 is 0 Å². The van der Waals surface area contributed by atoms with Gasteiger partial charge in [-0.05, 0) is 91.4 Å². The summed E-state index contributed by atoms with van der Waals surface area (Å²) in [7, 11) is 0. The van der Waals surface area contributed by atoms with Gasteiger partial charge in [-0.3, -0.25) is 4.79 Å². The molecule has 2 aromatic carbocycles. The molecule has 2 fully saturated rings. The smallest absolute Gasteiger partial charge is 0.244 e. The van der Waals surface area contributed by atoms with Crippen molar-refractivity contribution < 1.29 is 9.53 Å². The number of carbonyl (C=O) groups excluding carboxylic acids is 1. The molecule has 2 aliphatic carbocycles. The summed E-state index contributed by atoms with van der Waals surface area (Å²) in [4.78, 5) is 12.5. The molecule has 2 aliphatic rings. The van der Waals surface area contributed by atoms with Crippen molar-refractivity contribution in [1.29, 1.82) is 0 Å². The predicted octanol–water partition coefficient (Wildman–Crippen LogP) is 6.72. The van der Waals surface area contributed by atoms with Crippen LogP contribution in [-0.2, 0) is 11.4 Å². The molecule has 0 aliphatic heterocycles. The number of ether oxygens (including phenoxy) is 1. The van der Waals surface area contributed by atoms with Gasteiger partial charge < -0.3 is 4.74 Å². The first kappa shape index (κ1) is 21.8. The highest BCUT2D eigenvalue weighted by Gasteiger charge is 2.64. The Kier molecular flexibility index (Phi) is 6.56. The lowest BCUT2D eigenvalue weighted by Gasteiger charge is -2.15. The van der Waals surface area contributed by atoms with Gasteiger partial charge in [0.05, 0.1) is 15.2 Å². The largest absolute Gasteiger partial charge is 0.487 e. The second-order valence-electron chi connectivity index (χ2n) is 8.30. The first-order valence-electron chi connectivity index (χ1n) is 10.1. The standard InChI is InChI=1S/C23H23Br2ClN2O2/c1-23-9-3-2-4-17(23)20(23)22(29)28-27-12-15-10-18(24)21(19(25)11-15)30-13-14-5-7-16(26)8-6-14/h5-8,10-12,17,20H,2-4,9,13H2,1H3,(H,28,29)/b27-12-/t17-,20-,23+/m1/s1. The maximum atomic E-state index is 12.5. The second-order valence-corrected chi connectivity index (χ2v) is 10.4. The molecule has 0 saturated heterocycles. The molecular formula is C23H23Br2ClN2O2. The van der Waals surface area contributed by atoms with Crippen LogP contribution >= 0.6 is 43.5 Å². The molecule has 4 nitrogen and oxygen atoms in total. The van der Waals surface area contributed by atoms with E-state index in [2.05, 4.69) is 49.3 Å². The van der Waals surface area contributed by atoms with Crippen LogP contribution in [0.4, 0.5) is 0 Å². The molecule has 4 rings (SSSR count). The molecule has 1 amide bonds. The molecule has 0 aromatic heterocycles. The fourth-order valence-electron chi connectivity index (χ4n) is 4.62. The summed E-state index contributed by atoms with van der Waals surface area (Å²) >= 11 is 13.0. The van der Waals surface area contributed by atoms with Crippen molar-refractivity contribution in [1.82, 2.24) is 5.43 Å². The maximum Gasteiger partial charge on any atom is 0.244 e. The monoisotopic (exact) mass is 552 g/mol. The number of hydrogen-bond acceptors (Lipinski definition) is 3. The molecule has 0 heterocycles. The van der Waals surface area contributed by atoms with Crippen molar-refractivity contribution in [2.24, 2.45) is 22.4 Å². The van der Waals surface area contributed by atoms with Crippen molar-refractivity contribution in [3.8, 4) is 5.75 Å². The van der Waals surface area contributed by atoms with E-state index in [1.54, 1.807) is 6.21 Å². The lowest BCUT2D eigenvalue weighted by Crippen LogP contribution is -2.22. The fourth-order valence-corrected chi connectivity index (χ4v) is 6.20. The zero-order valence-electron chi connectivity index (χ0n) is 16.6. The Labute approximate surface area is 198 Å². The van der Waals surface area contributed by atoms with Gasteiger partial charge in [0.1, 0.15) is 12.4 Å². The second kappa shape index (κ2) is 9.01. The highest BCUT2D eigenvalue weighted by atomic mass is 79.9. The number of rotatable bonds is 6.